The summed E-state index contributed by atoms with van der Waals surface area (Å²) >= 11 is 17.0. The first-order valence-corrected chi connectivity index (χ1v) is 11.6. The molecule has 0 saturated carbocycles. The molecule has 31 heavy (non-hydrogen) atoms. The monoisotopic (exact) mass is 532 g/mol. The number of nitrogens with zero attached hydrogens (tertiary/aromatic N) is 1. The van der Waals surface area contributed by atoms with Gasteiger partial charge in [-0.1, -0.05) is 75.5 Å². The summed E-state index contributed by atoms with van der Waals surface area (Å²) in [6.45, 7) is 0.429. The molecule has 156 valence electrons. The third-order valence-corrected chi connectivity index (χ3v) is 6.51. The molecule has 0 radical (unpaired) electrons. The van der Waals surface area contributed by atoms with Gasteiger partial charge in [0, 0.05) is 10.0 Å². The fraction of sp³-hybridized carbons (Fsp3) is 0.0435. The molecule has 0 aromatic heterocycles. The zero-order valence-electron chi connectivity index (χ0n) is 15.9. The molecule has 1 saturated heterocycles. The van der Waals surface area contributed by atoms with Crippen molar-refractivity contribution < 1.29 is 9.53 Å². The zero-order chi connectivity index (χ0) is 21.8. The predicted molar refractivity (Wildman–Crippen MR) is 132 cm³/mol. The normalized spacial score (nSPS) is 16.0. The third-order valence-electron chi connectivity index (χ3n) is 4.30. The summed E-state index contributed by atoms with van der Waals surface area (Å²) in [4.78, 5) is 17.4. The molecule has 0 atom stereocenters. The SMILES string of the molecule is O=C1NC(=Nc2cccc(Cl)c2Cl)S/C1=C/c1cc(Br)ccc1OCc1ccccc1. The molecule has 1 fully saturated rings. The Kier molecular flexibility index (Phi) is 7.02. The van der Waals surface area contributed by atoms with E-state index in [1.165, 1.54) is 11.8 Å². The van der Waals surface area contributed by atoms with E-state index in [0.29, 0.717) is 38.2 Å². The fourth-order valence-corrected chi connectivity index (χ4v) is 4.35. The molecule has 0 bridgehead atoms. The first-order chi connectivity index (χ1) is 15.0. The van der Waals surface area contributed by atoms with Crippen molar-refractivity contribution in [3.63, 3.8) is 0 Å². The number of rotatable bonds is 5. The number of ether oxygens (including phenoxy) is 1. The van der Waals surface area contributed by atoms with Crippen LogP contribution in [0.5, 0.6) is 5.75 Å². The summed E-state index contributed by atoms with van der Waals surface area (Å²) in [5.74, 6) is 0.437. The number of carbonyl (C=O) groups excluding carboxylic acids is 1. The summed E-state index contributed by atoms with van der Waals surface area (Å²) < 4.78 is 6.89. The van der Waals surface area contributed by atoms with E-state index >= 15 is 0 Å². The minimum absolute atomic E-state index is 0.240. The summed E-state index contributed by atoms with van der Waals surface area (Å²) in [5.41, 5.74) is 2.34. The zero-order valence-corrected chi connectivity index (χ0v) is 19.9. The third kappa shape index (κ3) is 5.52. The molecule has 1 N–H and O–H groups in total. The standard InChI is InChI=1S/C23H15BrCl2N2O2S/c24-16-9-10-19(30-13-14-5-2-1-3-6-14)15(11-16)12-20-22(29)28-23(31-20)27-18-8-4-7-17(25)21(18)26/h1-12H,13H2,(H,27,28,29)/b20-12+. The lowest BCUT2D eigenvalue weighted by Gasteiger charge is -2.10. The van der Waals surface area contributed by atoms with Crippen molar-refractivity contribution in [1.82, 2.24) is 5.32 Å². The molecule has 0 unspecified atom stereocenters. The van der Waals surface area contributed by atoms with Gasteiger partial charge in [0.25, 0.3) is 5.91 Å². The Morgan fingerprint density at radius 2 is 1.87 bits per heavy atom. The Bertz CT molecular complexity index is 1200. The summed E-state index contributed by atoms with van der Waals surface area (Å²) in [5, 5.41) is 3.94. The first kappa shape index (κ1) is 22.0. The number of amides is 1. The summed E-state index contributed by atoms with van der Waals surface area (Å²) in [6, 6.07) is 20.8. The van der Waals surface area contributed by atoms with E-state index in [-0.39, 0.29) is 5.91 Å². The van der Waals surface area contributed by atoms with Crippen LogP contribution in [0.3, 0.4) is 0 Å². The maximum absolute atomic E-state index is 12.5. The van der Waals surface area contributed by atoms with Crippen molar-refractivity contribution in [3.8, 4) is 5.75 Å². The van der Waals surface area contributed by atoms with Gasteiger partial charge in [0.1, 0.15) is 12.4 Å². The Labute approximate surface area is 202 Å². The van der Waals surface area contributed by atoms with Gasteiger partial charge in [0.15, 0.2) is 5.17 Å². The number of aliphatic imine (C=N–C) groups is 1. The lowest BCUT2D eigenvalue weighted by Crippen LogP contribution is -2.19. The lowest BCUT2D eigenvalue weighted by atomic mass is 10.2. The quantitative estimate of drug-likeness (QED) is 0.352. The van der Waals surface area contributed by atoms with Gasteiger partial charge in [0.05, 0.1) is 20.6 Å². The molecule has 1 aliphatic rings. The number of benzene rings is 3. The fourth-order valence-electron chi connectivity index (χ4n) is 2.81. The molecule has 0 spiro atoms. The average molecular weight is 534 g/mol. The molecular weight excluding hydrogens is 519 g/mol. The average Bonchev–Trinajstić information content (AvgIpc) is 3.10. The first-order valence-electron chi connectivity index (χ1n) is 9.19. The molecule has 8 heteroatoms. The highest BCUT2D eigenvalue weighted by molar-refractivity contribution is 9.10. The van der Waals surface area contributed by atoms with Crippen LogP contribution >= 0.6 is 50.9 Å². The largest absolute Gasteiger partial charge is 0.488 e. The molecule has 4 rings (SSSR count). The van der Waals surface area contributed by atoms with Crippen molar-refractivity contribution in [3.05, 3.63) is 97.3 Å². The van der Waals surface area contributed by atoms with Gasteiger partial charge >= 0.3 is 0 Å². The minimum atomic E-state index is -0.240. The Morgan fingerprint density at radius 1 is 1.06 bits per heavy atom. The molecule has 0 aliphatic carbocycles. The van der Waals surface area contributed by atoms with E-state index in [0.717, 1.165) is 15.6 Å². The van der Waals surface area contributed by atoms with Crippen molar-refractivity contribution >= 4 is 73.7 Å². The number of amidine groups is 1. The van der Waals surface area contributed by atoms with Crippen molar-refractivity contribution in [2.75, 3.05) is 0 Å². The maximum Gasteiger partial charge on any atom is 0.264 e. The highest BCUT2D eigenvalue weighted by atomic mass is 79.9. The van der Waals surface area contributed by atoms with Crippen molar-refractivity contribution in [1.29, 1.82) is 0 Å². The van der Waals surface area contributed by atoms with Gasteiger partial charge < -0.3 is 10.1 Å². The second kappa shape index (κ2) is 9.92. The molecular formula is C23H15BrCl2N2O2S. The molecule has 3 aromatic rings. The van der Waals surface area contributed by atoms with Crippen molar-refractivity contribution in [2.24, 2.45) is 4.99 Å². The number of thioether (sulfide) groups is 1. The Balaban J connectivity index is 1.58. The van der Waals surface area contributed by atoms with Crippen LogP contribution in [0.2, 0.25) is 10.0 Å². The highest BCUT2D eigenvalue weighted by Crippen LogP contribution is 2.35. The molecule has 1 amide bonds. The second-order valence-corrected chi connectivity index (χ2v) is 9.24. The molecule has 1 heterocycles. The maximum atomic E-state index is 12.5. The number of hydrogen-bond acceptors (Lipinski definition) is 4. The second-order valence-electron chi connectivity index (χ2n) is 6.51. The molecule has 3 aromatic carbocycles. The number of halogens is 3. The minimum Gasteiger partial charge on any atom is -0.488 e. The molecule has 4 nitrogen and oxygen atoms in total. The van der Waals surface area contributed by atoms with Crippen molar-refractivity contribution in [2.45, 2.75) is 6.61 Å². The summed E-state index contributed by atoms with van der Waals surface area (Å²) in [6.07, 6.45) is 1.78. The van der Waals surface area contributed by atoms with Gasteiger partial charge in [-0.2, -0.15) is 0 Å². The van der Waals surface area contributed by atoms with Crippen LogP contribution in [0.4, 0.5) is 5.69 Å². The van der Waals surface area contributed by atoms with Crippen LogP contribution in [0.25, 0.3) is 6.08 Å². The summed E-state index contributed by atoms with van der Waals surface area (Å²) in [7, 11) is 0. The van der Waals surface area contributed by atoms with Crippen LogP contribution in [0.1, 0.15) is 11.1 Å². The van der Waals surface area contributed by atoms with Crippen LogP contribution in [-0.4, -0.2) is 11.1 Å². The van der Waals surface area contributed by atoms with Crippen LogP contribution < -0.4 is 10.1 Å². The van der Waals surface area contributed by atoms with E-state index < -0.39 is 0 Å². The number of nitrogens with one attached hydrogen (secondary N) is 1. The van der Waals surface area contributed by atoms with Gasteiger partial charge in [-0.25, -0.2) is 4.99 Å². The predicted octanol–water partition coefficient (Wildman–Crippen LogP) is 7.23. The van der Waals surface area contributed by atoms with Gasteiger partial charge in [0.2, 0.25) is 0 Å². The van der Waals surface area contributed by atoms with E-state index in [1.54, 1.807) is 24.3 Å². The topological polar surface area (TPSA) is 50.7 Å². The molecule has 1 aliphatic heterocycles. The van der Waals surface area contributed by atoms with Gasteiger partial charge in [-0.15, -0.1) is 0 Å². The van der Waals surface area contributed by atoms with Crippen LogP contribution in [-0.2, 0) is 11.4 Å². The van der Waals surface area contributed by atoms with Crippen LogP contribution in [0, 0.1) is 0 Å². The van der Waals surface area contributed by atoms with E-state index in [2.05, 4.69) is 26.2 Å². The lowest BCUT2D eigenvalue weighted by molar-refractivity contribution is -0.115. The smallest absolute Gasteiger partial charge is 0.264 e. The Hall–Kier alpha value is -2.25. The van der Waals surface area contributed by atoms with Crippen LogP contribution in [0.15, 0.2) is 81.1 Å². The van der Waals surface area contributed by atoms with Gasteiger partial charge in [-0.3, -0.25) is 4.79 Å². The van der Waals surface area contributed by atoms with E-state index in [1.807, 2.05) is 48.5 Å². The van der Waals surface area contributed by atoms with E-state index in [4.69, 9.17) is 27.9 Å². The van der Waals surface area contributed by atoms with E-state index in [9.17, 15) is 4.79 Å². The number of hydrogen-bond donors (Lipinski definition) is 1. The highest BCUT2D eigenvalue weighted by Gasteiger charge is 2.24. The number of carbonyl (C=O) groups is 1. The Morgan fingerprint density at radius 3 is 2.68 bits per heavy atom. The van der Waals surface area contributed by atoms with Gasteiger partial charge in [-0.05, 0) is 53.7 Å².